The van der Waals surface area contributed by atoms with Gasteiger partial charge in [0.05, 0.1) is 30.5 Å². The molecule has 9 heteroatoms. The topological polar surface area (TPSA) is 72.7 Å². The minimum atomic E-state index is -4.55. The lowest BCUT2D eigenvalue weighted by Gasteiger charge is -2.19. The highest BCUT2D eigenvalue weighted by Gasteiger charge is 2.32. The van der Waals surface area contributed by atoms with E-state index in [4.69, 9.17) is 0 Å². The van der Waals surface area contributed by atoms with Crippen LogP contribution in [0.2, 0.25) is 0 Å². The molecule has 1 unspecified atom stereocenters. The molecule has 2 aromatic heterocycles. The molecule has 1 atom stereocenters. The second-order valence-corrected chi connectivity index (χ2v) is 5.45. The quantitative estimate of drug-likeness (QED) is 0.758. The molecule has 134 valence electrons. The molecule has 6 nitrogen and oxygen atoms in total. The number of benzene rings is 1. The first-order valence-electron chi connectivity index (χ1n) is 7.66. The zero-order chi connectivity index (χ0) is 18.6. The Bertz CT molecular complexity index is 848. The first-order valence-corrected chi connectivity index (χ1v) is 7.66. The number of hydrogen-bond donors (Lipinski definition) is 1. The summed E-state index contributed by atoms with van der Waals surface area (Å²) in [5, 5.41) is 10.8. The molecule has 0 aliphatic heterocycles. The maximum Gasteiger partial charge on any atom is 0.433 e. The maximum atomic E-state index is 12.6. The fourth-order valence-corrected chi connectivity index (χ4v) is 2.36. The molecule has 0 bridgehead atoms. The second kappa shape index (κ2) is 7.34. The summed E-state index contributed by atoms with van der Waals surface area (Å²) in [7, 11) is 0. The summed E-state index contributed by atoms with van der Waals surface area (Å²) < 4.78 is 37.8. The van der Waals surface area contributed by atoms with Gasteiger partial charge in [0.2, 0.25) is 0 Å². The number of alkyl halides is 3. The largest absolute Gasteiger partial charge is 0.433 e. The molecule has 1 amide bonds. The summed E-state index contributed by atoms with van der Waals surface area (Å²) in [5.74, 6) is -0.535. The van der Waals surface area contributed by atoms with Gasteiger partial charge in [0.1, 0.15) is 5.69 Å². The molecule has 0 saturated heterocycles. The zero-order valence-electron chi connectivity index (χ0n) is 13.4. The Morgan fingerprint density at radius 3 is 2.35 bits per heavy atom. The smallest absolute Gasteiger partial charge is 0.343 e. The minimum Gasteiger partial charge on any atom is -0.343 e. The van der Waals surface area contributed by atoms with E-state index in [1.807, 2.05) is 30.3 Å². The first kappa shape index (κ1) is 17.6. The van der Waals surface area contributed by atoms with E-state index in [-0.39, 0.29) is 12.1 Å². The Balaban J connectivity index is 1.78. The summed E-state index contributed by atoms with van der Waals surface area (Å²) >= 11 is 0. The Kier molecular flexibility index (Phi) is 4.97. The van der Waals surface area contributed by atoms with Gasteiger partial charge >= 0.3 is 6.18 Å². The molecule has 0 aliphatic carbocycles. The van der Waals surface area contributed by atoms with Crippen LogP contribution in [0.25, 0.3) is 0 Å². The monoisotopic (exact) mass is 361 g/mol. The lowest BCUT2D eigenvalue weighted by atomic mass is 10.1. The highest BCUT2D eigenvalue weighted by atomic mass is 19.4. The number of pyridine rings is 1. The Labute approximate surface area is 146 Å². The molecular formula is C17H14F3N5O. The number of hydrogen-bond acceptors (Lipinski definition) is 4. The van der Waals surface area contributed by atoms with E-state index in [0.29, 0.717) is 0 Å². The van der Waals surface area contributed by atoms with Crippen molar-refractivity contribution in [2.24, 2.45) is 0 Å². The van der Waals surface area contributed by atoms with Crippen LogP contribution in [0.4, 0.5) is 13.2 Å². The lowest BCUT2D eigenvalue weighted by molar-refractivity contribution is -0.141. The Morgan fingerprint density at radius 2 is 1.77 bits per heavy atom. The van der Waals surface area contributed by atoms with Gasteiger partial charge in [0.25, 0.3) is 5.91 Å². The Hall–Kier alpha value is -3.23. The van der Waals surface area contributed by atoms with Crippen molar-refractivity contribution in [2.75, 3.05) is 0 Å². The van der Waals surface area contributed by atoms with Gasteiger partial charge in [0.15, 0.2) is 0 Å². The molecule has 0 fully saturated rings. The van der Waals surface area contributed by atoms with Crippen molar-refractivity contribution in [3.05, 3.63) is 77.9 Å². The number of rotatable bonds is 5. The van der Waals surface area contributed by atoms with Gasteiger partial charge in [-0.15, -0.1) is 0 Å². The van der Waals surface area contributed by atoms with Crippen LogP contribution in [0.5, 0.6) is 0 Å². The van der Waals surface area contributed by atoms with Crippen molar-refractivity contribution < 1.29 is 18.0 Å². The lowest BCUT2D eigenvalue weighted by Crippen LogP contribution is -2.32. The SMILES string of the molecule is O=C(NC(Cn1nccn1)c1ccccc1)c1ccc(C(F)(F)F)nc1. The predicted molar refractivity (Wildman–Crippen MR) is 85.9 cm³/mol. The molecule has 1 aromatic carbocycles. The van der Waals surface area contributed by atoms with Crippen LogP contribution in [-0.4, -0.2) is 25.9 Å². The summed E-state index contributed by atoms with van der Waals surface area (Å²) in [6, 6.07) is 10.6. The van der Waals surface area contributed by atoms with Crippen LogP contribution in [0, 0.1) is 0 Å². The average molecular weight is 361 g/mol. The number of carbonyl (C=O) groups is 1. The van der Waals surface area contributed by atoms with E-state index < -0.39 is 23.8 Å². The van der Waals surface area contributed by atoms with E-state index in [0.717, 1.165) is 23.9 Å². The standard InChI is InChI=1S/C17H14F3N5O/c18-17(19,20)15-7-6-13(10-21-15)16(26)24-14(11-25-22-8-9-23-25)12-4-2-1-3-5-12/h1-10,14H,11H2,(H,24,26). The highest BCUT2D eigenvalue weighted by molar-refractivity contribution is 5.94. The number of amides is 1. The van der Waals surface area contributed by atoms with Gasteiger partial charge in [-0.05, 0) is 17.7 Å². The number of nitrogens with one attached hydrogen (secondary N) is 1. The first-order chi connectivity index (χ1) is 12.4. The van der Waals surface area contributed by atoms with Crippen LogP contribution in [-0.2, 0) is 12.7 Å². The van der Waals surface area contributed by atoms with Gasteiger partial charge in [0, 0.05) is 6.20 Å². The summed E-state index contributed by atoms with van der Waals surface area (Å²) in [4.78, 5) is 17.2. The zero-order valence-corrected chi connectivity index (χ0v) is 13.4. The molecule has 0 aliphatic rings. The van der Waals surface area contributed by atoms with Gasteiger partial charge in [-0.1, -0.05) is 30.3 Å². The second-order valence-electron chi connectivity index (χ2n) is 5.45. The van der Waals surface area contributed by atoms with E-state index in [2.05, 4.69) is 20.5 Å². The fraction of sp³-hybridized carbons (Fsp3) is 0.176. The van der Waals surface area contributed by atoms with Crippen LogP contribution < -0.4 is 5.32 Å². The number of nitrogens with zero attached hydrogens (tertiary/aromatic N) is 4. The van der Waals surface area contributed by atoms with E-state index >= 15 is 0 Å². The third-order valence-electron chi connectivity index (χ3n) is 3.64. The van der Waals surface area contributed by atoms with Crippen molar-refractivity contribution in [3.8, 4) is 0 Å². The molecule has 0 saturated carbocycles. The number of carbonyl (C=O) groups excluding carboxylic acids is 1. The van der Waals surface area contributed by atoms with Crippen LogP contribution in [0.15, 0.2) is 61.1 Å². The maximum absolute atomic E-state index is 12.6. The molecule has 2 heterocycles. The number of aromatic nitrogens is 4. The normalized spacial score (nSPS) is 12.6. The molecule has 0 spiro atoms. The third-order valence-corrected chi connectivity index (χ3v) is 3.64. The molecule has 0 radical (unpaired) electrons. The summed E-state index contributed by atoms with van der Waals surface area (Å²) in [5.41, 5.74) is -0.195. The Morgan fingerprint density at radius 1 is 1.08 bits per heavy atom. The molecule has 3 rings (SSSR count). The van der Waals surface area contributed by atoms with Gasteiger partial charge in [-0.25, -0.2) is 0 Å². The van der Waals surface area contributed by atoms with Crippen LogP contribution in [0.3, 0.4) is 0 Å². The third kappa shape index (κ3) is 4.24. The summed E-state index contributed by atoms with van der Waals surface area (Å²) in [6.45, 7) is 0.275. The molecule has 3 aromatic rings. The number of halogens is 3. The fourth-order valence-electron chi connectivity index (χ4n) is 2.36. The van der Waals surface area contributed by atoms with Crippen molar-refractivity contribution in [1.82, 2.24) is 25.3 Å². The highest BCUT2D eigenvalue weighted by Crippen LogP contribution is 2.27. The van der Waals surface area contributed by atoms with Crippen molar-refractivity contribution >= 4 is 5.91 Å². The van der Waals surface area contributed by atoms with Crippen LogP contribution in [0.1, 0.15) is 27.7 Å². The summed E-state index contributed by atoms with van der Waals surface area (Å²) in [6.07, 6.45) is -0.604. The van der Waals surface area contributed by atoms with E-state index in [9.17, 15) is 18.0 Å². The van der Waals surface area contributed by atoms with E-state index in [1.165, 1.54) is 17.2 Å². The average Bonchev–Trinajstić information content (AvgIpc) is 3.14. The molecule has 26 heavy (non-hydrogen) atoms. The van der Waals surface area contributed by atoms with E-state index in [1.54, 1.807) is 0 Å². The van der Waals surface area contributed by atoms with Gasteiger partial charge < -0.3 is 5.32 Å². The van der Waals surface area contributed by atoms with Crippen molar-refractivity contribution in [3.63, 3.8) is 0 Å². The van der Waals surface area contributed by atoms with Gasteiger partial charge in [-0.3, -0.25) is 9.78 Å². The van der Waals surface area contributed by atoms with Gasteiger partial charge in [-0.2, -0.15) is 28.2 Å². The molecule has 1 N–H and O–H groups in total. The predicted octanol–water partition coefficient (Wildman–Crippen LogP) is 2.86. The minimum absolute atomic E-state index is 0.0346. The molecular weight excluding hydrogens is 347 g/mol. The van der Waals surface area contributed by atoms with Crippen molar-refractivity contribution in [2.45, 2.75) is 18.8 Å². The van der Waals surface area contributed by atoms with Crippen molar-refractivity contribution in [1.29, 1.82) is 0 Å². The van der Waals surface area contributed by atoms with Crippen LogP contribution >= 0.6 is 0 Å².